The van der Waals surface area contributed by atoms with Gasteiger partial charge in [-0.1, -0.05) is 24.3 Å². The fraction of sp³-hybridized carbons (Fsp3) is 0.488. The Labute approximate surface area is 331 Å². The van der Waals surface area contributed by atoms with Crippen LogP contribution >= 0.6 is 11.8 Å². The number of thioether (sulfide) groups is 1. The van der Waals surface area contributed by atoms with Crippen molar-refractivity contribution < 1.29 is 38.4 Å². The number of likely N-dealkylation sites (N-methyl/N-ethyl adjacent to an activating group) is 1. The van der Waals surface area contributed by atoms with E-state index < -0.39 is 23.1 Å². The van der Waals surface area contributed by atoms with Gasteiger partial charge < -0.3 is 33.8 Å². The van der Waals surface area contributed by atoms with Gasteiger partial charge in [-0.05, 0) is 77.3 Å². The van der Waals surface area contributed by atoms with Crippen molar-refractivity contribution in [3.63, 3.8) is 0 Å². The fourth-order valence-electron chi connectivity index (χ4n) is 10.9. The van der Waals surface area contributed by atoms with Crippen LogP contribution in [0.25, 0.3) is 10.9 Å². The standard InChI is InChI=1S/C43H50N4O8S/c1-21-13-26-15-42(6)18-46(7)34(33(26)35(49)36(21)51-8)31-17-56-19-43(40-28(14-22(2)45-43)27-11-9-10-12-29(27)44-40)41(50)52-16-30(47(31)42)32-23(3)37(55-25(5)48)24(4)38-39(32)54-20-53-38/h9-13,22,30-31,34,44-45,49H,14-20H2,1-8H3/t22-,30-,31-,34?,42?,43+/m0/s1. The molecule has 6 aliphatic heterocycles. The van der Waals surface area contributed by atoms with Crippen LogP contribution in [0.3, 0.4) is 0 Å². The van der Waals surface area contributed by atoms with E-state index in [4.69, 9.17) is 23.7 Å². The molecular formula is C43H50N4O8S. The van der Waals surface area contributed by atoms with Crippen LogP contribution in [-0.4, -0.2) is 95.1 Å². The Hall–Kier alpha value is -4.43. The van der Waals surface area contributed by atoms with Gasteiger partial charge in [0.2, 0.25) is 6.79 Å². The summed E-state index contributed by atoms with van der Waals surface area (Å²) in [6.45, 7) is 12.2. The summed E-state index contributed by atoms with van der Waals surface area (Å²) in [6.07, 6.45) is 1.39. The summed E-state index contributed by atoms with van der Waals surface area (Å²) in [5.74, 6) is 2.39. The van der Waals surface area contributed by atoms with Gasteiger partial charge in [-0.3, -0.25) is 19.9 Å². The molecule has 0 aliphatic carbocycles. The van der Waals surface area contributed by atoms with Crippen molar-refractivity contribution in [1.29, 1.82) is 0 Å². The van der Waals surface area contributed by atoms with E-state index in [1.807, 2.05) is 32.9 Å². The summed E-state index contributed by atoms with van der Waals surface area (Å²) in [5, 5.41) is 16.9. The topological polar surface area (TPSA) is 135 Å². The van der Waals surface area contributed by atoms with Crippen molar-refractivity contribution in [3.8, 4) is 28.7 Å². The number of aromatic nitrogens is 1. The number of esters is 2. The average Bonchev–Trinajstić information content (AvgIpc) is 3.73. The highest BCUT2D eigenvalue weighted by molar-refractivity contribution is 7.99. The molecule has 296 valence electrons. The van der Waals surface area contributed by atoms with Gasteiger partial charge in [0.05, 0.1) is 24.9 Å². The van der Waals surface area contributed by atoms with E-state index in [0.29, 0.717) is 53.0 Å². The number of H-pyrrole nitrogens is 1. The van der Waals surface area contributed by atoms with Crippen LogP contribution in [0.15, 0.2) is 30.3 Å². The number of carbonyl (C=O) groups is 2. The molecule has 0 amide bonds. The number of cyclic esters (lactones) is 1. The predicted molar refractivity (Wildman–Crippen MR) is 213 cm³/mol. The van der Waals surface area contributed by atoms with Crippen LogP contribution in [0.5, 0.6) is 28.7 Å². The first-order valence-electron chi connectivity index (χ1n) is 19.4. The fourth-order valence-corrected chi connectivity index (χ4v) is 12.3. The third-order valence-corrected chi connectivity index (χ3v) is 14.0. The van der Waals surface area contributed by atoms with Crippen LogP contribution in [0, 0.1) is 20.8 Å². The minimum atomic E-state index is -1.16. The number of carbonyl (C=O) groups excluding carboxylic acids is 2. The van der Waals surface area contributed by atoms with Gasteiger partial charge in [0.1, 0.15) is 12.4 Å². The van der Waals surface area contributed by atoms with Crippen LogP contribution in [-0.2, 0) is 32.7 Å². The molecule has 1 spiro atoms. The number of phenols is 1. The number of phenolic OH excluding ortho intramolecular Hbond substituents is 1. The molecule has 12 nitrogen and oxygen atoms in total. The Kier molecular flexibility index (Phi) is 8.84. The number of methoxy groups -OCH3 is 1. The third-order valence-electron chi connectivity index (χ3n) is 12.8. The summed E-state index contributed by atoms with van der Waals surface area (Å²) in [5.41, 5.74) is 6.24. The summed E-state index contributed by atoms with van der Waals surface area (Å²) in [6, 6.07) is 9.37. The molecule has 6 atom stereocenters. The molecule has 0 saturated carbocycles. The van der Waals surface area contributed by atoms with E-state index in [1.165, 1.54) is 6.92 Å². The van der Waals surface area contributed by atoms with Gasteiger partial charge in [0.25, 0.3) is 0 Å². The molecule has 13 heteroatoms. The average molecular weight is 783 g/mol. The van der Waals surface area contributed by atoms with Crippen LogP contribution in [0.1, 0.15) is 77.5 Å². The minimum Gasteiger partial charge on any atom is -0.504 e. The zero-order valence-electron chi connectivity index (χ0n) is 33.3. The van der Waals surface area contributed by atoms with Crippen molar-refractivity contribution >= 4 is 34.6 Å². The van der Waals surface area contributed by atoms with Gasteiger partial charge in [0.15, 0.2) is 28.5 Å². The lowest BCUT2D eigenvalue weighted by molar-refractivity contribution is -0.158. The molecule has 2 bridgehead atoms. The second kappa shape index (κ2) is 13.3. The smallest absolute Gasteiger partial charge is 0.333 e. The molecule has 0 radical (unpaired) electrons. The van der Waals surface area contributed by atoms with Crippen LogP contribution in [0.4, 0.5) is 0 Å². The number of aryl methyl sites for hydroxylation is 1. The van der Waals surface area contributed by atoms with Gasteiger partial charge in [-0.15, -0.1) is 0 Å². The van der Waals surface area contributed by atoms with E-state index >= 15 is 4.79 Å². The summed E-state index contributed by atoms with van der Waals surface area (Å²) >= 11 is 1.72. The van der Waals surface area contributed by atoms with E-state index in [1.54, 1.807) is 18.9 Å². The predicted octanol–water partition coefficient (Wildman–Crippen LogP) is 5.89. The molecule has 4 aromatic rings. The second-order valence-corrected chi connectivity index (χ2v) is 17.6. The number of aromatic amines is 1. The molecule has 2 unspecified atom stereocenters. The lowest BCUT2D eigenvalue weighted by Crippen LogP contribution is -2.67. The molecule has 2 saturated heterocycles. The number of aromatic hydroxyl groups is 1. The zero-order chi connectivity index (χ0) is 39.4. The van der Waals surface area contributed by atoms with Crippen molar-refractivity contribution in [2.45, 2.75) is 89.6 Å². The highest BCUT2D eigenvalue weighted by Gasteiger charge is 2.57. The number of para-hydroxylation sites is 1. The van der Waals surface area contributed by atoms with E-state index in [9.17, 15) is 9.90 Å². The van der Waals surface area contributed by atoms with E-state index in [2.05, 4.69) is 59.2 Å². The largest absolute Gasteiger partial charge is 0.504 e. The Morgan fingerprint density at radius 2 is 1.84 bits per heavy atom. The Balaban J connectivity index is 1.27. The second-order valence-electron chi connectivity index (χ2n) is 16.6. The number of piperazine rings is 1. The molecule has 3 N–H and O–H groups in total. The lowest BCUT2D eigenvalue weighted by atomic mass is 9.83. The van der Waals surface area contributed by atoms with Crippen LogP contribution < -0.4 is 24.3 Å². The first kappa shape index (κ1) is 37.2. The highest BCUT2D eigenvalue weighted by atomic mass is 32.2. The van der Waals surface area contributed by atoms with Crippen molar-refractivity contribution in [3.05, 3.63) is 75.0 Å². The first-order valence-corrected chi connectivity index (χ1v) is 20.5. The number of nitrogens with zero attached hydrogens (tertiary/aromatic N) is 2. The number of benzene rings is 3. The molecule has 2 fully saturated rings. The summed E-state index contributed by atoms with van der Waals surface area (Å²) in [7, 11) is 3.73. The van der Waals surface area contributed by atoms with Crippen molar-refractivity contribution in [2.24, 2.45) is 0 Å². The number of hydrogen-bond acceptors (Lipinski definition) is 12. The number of nitrogens with one attached hydrogen (secondary N) is 2. The van der Waals surface area contributed by atoms with E-state index in [0.717, 1.165) is 56.4 Å². The Morgan fingerprint density at radius 3 is 2.61 bits per heavy atom. The minimum absolute atomic E-state index is 0.00278. The maximum atomic E-state index is 15.1. The first-order chi connectivity index (χ1) is 26.8. The summed E-state index contributed by atoms with van der Waals surface area (Å²) in [4.78, 5) is 36.2. The summed E-state index contributed by atoms with van der Waals surface area (Å²) < 4.78 is 30.8. The molecular weight excluding hydrogens is 733 g/mol. The monoisotopic (exact) mass is 782 g/mol. The number of hydrogen-bond donors (Lipinski definition) is 3. The highest BCUT2D eigenvalue weighted by Crippen LogP contribution is 2.57. The molecule has 3 aromatic carbocycles. The maximum absolute atomic E-state index is 15.1. The normalized spacial score (nSPS) is 28.7. The Bertz CT molecular complexity index is 2310. The molecule has 6 aliphatic rings. The van der Waals surface area contributed by atoms with Crippen LogP contribution in [0.2, 0.25) is 0 Å². The van der Waals surface area contributed by atoms with Crippen molar-refractivity contribution in [2.75, 3.05) is 45.6 Å². The van der Waals surface area contributed by atoms with Crippen molar-refractivity contribution in [1.82, 2.24) is 20.1 Å². The lowest BCUT2D eigenvalue weighted by Gasteiger charge is -2.57. The van der Waals surface area contributed by atoms with E-state index in [-0.39, 0.29) is 43.2 Å². The molecule has 10 rings (SSSR count). The molecule has 7 heterocycles. The molecule has 56 heavy (non-hydrogen) atoms. The van der Waals surface area contributed by atoms with Gasteiger partial charge in [0, 0.05) is 75.8 Å². The molecule has 1 aromatic heterocycles. The number of rotatable bonds is 3. The zero-order valence-corrected chi connectivity index (χ0v) is 34.1. The van der Waals surface area contributed by atoms with Gasteiger partial charge in [-0.25, -0.2) is 4.79 Å². The quantitative estimate of drug-likeness (QED) is 0.169. The number of ether oxygens (including phenoxy) is 5. The SMILES string of the molecule is COc1c(C)cc2c(c1O)C1[C@@H]3CSC[C@]4(N[C@@H](C)Cc5c4[nH]c4ccccc54)C(=O)OC[C@@H](c4c(C)c(OC(C)=O)c(C)c5c4OCO5)N3C(C)(C2)CN1C. The number of fused-ring (bicyclic) bond motifs is 6. The van der Waals surface area contributed by atoms with Gasteiger partial charge >= 0.3 is 11.9 Å². The van der Waals surface area contributed by atoms with Gasteiger partial charge in [-0.2, -0.15) is 11.8 Å². The Morgan fingerprint density at radius 1 is 1.07 bits per heavy atom. The third kappa shape index (κ3) is 5.37. The maximum Gasteiger partial charge on any atom is 0.333 e.